The summed E-state index contributed by atoms with van der Waals surface area (Å²) in [6, 6.07) is 10.0. The molecule has 0 radical (unpaired) electrons. The van der Waals surface area contributed by atoms with Crippen LogP contribution in [0, 0.1) is 5.92 Å². The fraction of sp³-hybridized carbons (Fsp3) is 0.286. The Balaban J connectivity index is 1.69. The number of Topliss-reactive ketones (excluding diaryl/α,β-unsaturated/α-hetero) is 1. The van der Waals surface area contributed by atoms with Gasteiger partial charge in [0.1, 0.15) is 0 Å². The molecule has 8 heteroatoms. The fourth-order valence-corrected chi connectivity index (χ4v) is 3.45. The molecule has 2 aromatic carbocycles. The first-order chi connectivity index (χ1) is 13.7. The number of piperidine rings is 1. The van der Waals surface area contributed by atoms with Gasteiger partial charge in [0.2, 0.25) is 0 Å². The minimum Gasteiger partial charge on any atom is -0.545 e. The third kappa shape index (κ3) is 4.47. The zero-order valence-corrected chi connectivity index (χ0v) is 15.2. The molecular weight excluding hydrogens is 387 g/mol. The van der Waals surface area contributed by atoms with E-state index in [1.54, 1.807) is 6.07 Å². The molecule has 152 valence electrons. The molecule has 0 aromatic heterocycles. The number of nitrogens with zero attached hydrogens (tertiary/aromatic N) is 1. The Morgan fingerprint density at radius 1 is 0.931 bits per heavy atom. The summed E-state index contributed by atoms with van der Waals surface area (Å²) < 4.78 is 38.6. The Hall–Kier alpha value is -3.16. The van der Waals surface area contributed by atoms with Crippen LogP contribution in [0.2, 0.25) is 0 Å². The Kier molecular flexibility index (Phi) is 5.72. The van der Waals surface area contributed by atoms with Crippen molar-refractivity contribution in [2.75, 3.05) is 13.1 Å². The number of carboxylic acids is 1. The average molecular weight is 404 g/mol. The first-order valence-electron chi connectivity index (χ1n) is 8.99. The van der Waals surface area contributed by atoms with Crippen molar-refractivity contribution in [2.24, 2.45) is 5.92 Å². The molecule has 3 rings (SSSR count). The maximum absolute atomic E-state index is 12.9. The minimum atomic E-state index is -4.53. The van der Waals surface area contributed by atoms with Gasteiger partial charge in [-0.15, -0.1) is 0 Å². The zero-order chi connectivity index (χ0) is 21.2. The number of carbonyl (C=O) groups is 3. The number of carboxylic acid groups (broad SMARTS) is 1. The van der Waals surface area contributed by atoms with Gasteiger partial charge in [0.05, 0.1) is 11.5 Å². The largest absolute Gasteiger partial charge is 0.545 e. The number of likely N-dealkylation sites (tertiary alicyclic amines) is 1. The van der Waals surface area contributed by atoms with E-state index in [4.69, 9.17) is 0 Å². The summed E-state index contributed by atoms with van der Waals surface area (Å²) in [4.78, 5) is 37.9. The molecule has 1 aliphatic rings. The predicted octanol–water partition coefficient (Wildman–Crippen LogP) is 2.80. The predicted molar refractivity (Wildman–Crippen MR) is 95.2 cm³/mol. The monoisotopic (exact) mass is 404 g/mol. The molecule has 0 bridgehead atoms. The van der Waals surface area contributed by atoms with E-state index in [0.29, 0.717) is 0 Å². The summed E-state index contributed by atoms with van der Waals surface area (Å²) in [5.74, 6) is -2.82. The Bertz CT molecular complexity index is 947. The molecule has 0 N–H and O–H groups in total. The number of ketones is 1. The molecule has 1 fully saturated rings. The number of rotatable bonds is 4. The fourth-order valence-electron chi connectivity index (χ4n) is 3.45. The number of hydrogen-bond donors (Lipinski definition) is 0. The molecule has 29 heavy (non-hydrogen) atoms. The van der Waals surface area contributed by atoms with Gasteiger partial charge < -0.3 is 14.8 Å². The summed E-state index contributed by atoms with van der Waals surface area (Å²) >= 11 is 0. The lowest BCUT2D eigenvalue weighted by Crippen LogP contribution is -2.41. The topological polar surface area (TPSA) is 77.5 Å². The molecule has 0 aliphatic carbocycles. The highest BCUT2D eigenvalue weighted by atomic mass is 19.4. The molecular formula is C21H17F3NO4-. The van der Waals surface area contributed by atoms with Gasteiger partial charge in [-0.25, -0.2) is 0 Å². The van der Waals surface area contributed by atoms with Crippen molar-refractivity contribution in [3.63, 3.8) is 0 Å². The van der Waals surface area contributed by atoms with Crippen LogP contribution >= 0.6 is 0 Å². The number of alkyl halides is 3. The molecule has 2 aromatic rings. The van der Waals surface area contributed by atoms with Crippen LogP contribution in [0.1, 0.15) is 49.5 Å². The highest BCUT2D eigenvalue weighted by Gasteiger charge is 2.33. The number of hydrogen-bond acceptors (Lipinski definition) is 4. The van der Waals surface area contributed by atoms with E-state index in [0.717, 1.165) is 12.1 Å². The minimum absolute atomic E-state index is 0.00750. The third-order valence-electron chi connectivity index (χ3n) is 5.00. The molecule has 1 amide bonds. The second-order valence-corrected chi connectivity index (χ2v) is 6.84. The maximum Gasteiger partial charge on any atom is 0.416 e. The van der Waals surface area contributed by atoms with Crippen molar-refractivity contribution in [3.05, 3.63) is 70.8 Å². The second-order valence-electron chi connectivity index (χ2n) is 6.84. The Morgan fingerprint density at radius 2 is 1.55 bits per heavy atom. The van der Waals surface area contributed by atoms with Gasteiger partial charge in [-0.3, -0.25) is 9.59 Å². The molecule has 0 unspecified atom stereocenters. The molecule has 0 atom stereocenters. The average Bonchev–Trinajstić information content (AvgIpc) is 2.72. The van der Waals surface area contributed by atoms with E-state index < -0.39 is 35.3 Å². The van der Waals surface area contributed by atoms with Gasteiger partial charge >= 0.3 is 6.18 Å². The normalized spacial score (nSPS) is 15.2. The Labute approximate surface area is 164 Å². The molecule has 5 nitrogen and oxygen atoms in total. The zero-order valence-electron chi connectivity index (χ0n) is 15.2. The van der Waals surface area contributed by atoms with Crippen LogP contribution in [0.25, 0.3) is 0 Å². The molecule has 1 saturated heterocycles. The van der Waals surface area contributed by atoms with Crippen molar-refractivity contribution < 1.29 is 32.7 Å². The Morgan fingerprint density at radius 3 is 2.14 bits per heavy atom. The van der Waals surface area contributed by atoms with E-state index in [1.807, 2.05) is 0 Å². The number of aromatic carboxylic acids is 1. The standard InChI is InChI=1S/C21H18F3NO4/c22-21(23,24)15-5-3-4-14(12-15)18(26)13-8-10-25(11-9-13)19(27)16-6-1-2-7-17(16)20(28)29/h1-7,12-13H,8-11H2,(H,28,29)/p-1. The molecule has 1 aliphatic heterocycles. The van der Waals surface area contributed by atoms with Crippen LogP contribution < -0.4 is 5.11 Å². The summed E-state index contributed by atoms with van der Waals surface area (Å²) in [6.45, 7) is 0.408. The van der Waals surface area contributed by atoms with Crippen LogP contribution in [0.4, 0.5) is 13.2 Å². The van der Waals surface area contributed by atoms with Crippen LogP contribution in [0.15, 0.2) is 48.5 Å². The number of carbonyl (C=O) groups excluding carboxylic acids is 3. The van der Waals surface area contributed by atoms with Crippen molar-refractivity contribution >= 4 is 17.7 Å². The number of benzene rings is 2. The van der Waals surface area contributed by atoms with Gasteiger partial charge in [-0.05, 0) is 31.0 Å². The number of amides is 1. The van der Waals surface area contributed by atoms with Gasteiger partial charge in [0.15, 0.2) is 5.78 Å². The lowest BCUT2D eigenvalue weighted by molar-refractivity contribution is -0.255. The van der Waals surface area contributed by atoms with Crippen molar-refractivity contribution in [1.29, 1.82) is 0 Å². The van der Waals surface area contributed by atoms with E-state index >= 15 is 0 Å². The lowest BCUT2D eigenvalue weighted by atomic mass is 9.88. The van der Waals surface area contributed by atoms with Gasteiger partial charge in [-0.1, -0.05) is 30.3 Å². The first-order valence-corrected chi connectivity index (χ1v) is 8.99. The maximum atomic E-state index is 12.9. The lowest BCUT2D eigenvalue weighted by Gasteiger charge is -2.32. The summed E-state index contributed by atoms with van der Waals surface area (Å²) in [6.07, 6.45) is -3.96. The summed E-state index contributed by atoms with van der Waals surface area (Å²) in [7, 11) is 0. The first kappa shape index (κ1) is 20.6. The van der Waals surface area contributed by atoms with Crippen LogP contribution in [0.5, 0.6) is 0 Å². The van der Waals surface area contributed by atoms with E-state index in [9.17, 15) is 32.7 Å². The van der Waals surface area contributed by atoms with Crippen molar-refractivity contribution in [2.45, 2.75) is 19.0 Å². The third-order valence-corrected chi connectivity index (χ3v) is 5.00. The van der Waals surface area contributed by atoms with E-state index in [-0.39, 0.29) is 42.6 Å². The highest BCUT2D eigenvalue weighted by molar-refractivity contribution is 6.04. The van der Waals surface area contributed by atoms with Gasteiger partial charge in [-0.2, -0.15) is 13.2 Å². The van der Waals surface area contributed by atoms with Crippen LogP contribution in [0.3, 0.4) is 0 Å². The van der Waals surface area contributed by atoms with Gasteiger partial charge in [0, 0.05) is 35.7 Å². The van der Waals surface area contributed by atoms with Crippen LogP contribution in [-0.2, 0) is 6.18 Å². The van der Waals surface area contributed by atoms with E-state index in [2.05, 4.69) is 0 Å². The second kappa shape index (κ2) is 8.06. The summed E-state index contributed by atoms with van der Waals surface area (Å²) in [5.41, 5.74) is -1.09. The van der Waals surface area contributed by atoms with Crippen molar-refractivity contribution in [1.82, 2.24) is 4.90 Å². The van der Waals surface area contributed by atoms with Crippen molar-refractivity contribution in [3.8, 4) is 0 Å². The highest BCUT2D eigenvalue weighted by Crippen LogP contribution is 2.31. The smallest absolute Gasteiger partial charge is 0.416 e. The molecule has 0 saturated carbocycles. The molecule has 0 spiro atoms. The quantitative estimate of drug-likeness (QED) is 0.735. The summed E-state index contributed by atoms with van der Waals surface area (Å²) in [5, 5.41) is 11.2. The number of halogens is 3. The SMILES string of the molecule is O=C([O-])c1ccccc1C(=O)N1CCC(C(=O)c2cccc(C(F)(F)F)c2)CC1. The van der Waals surface area contributed by atoms with Crippen LogP contribution in [-0.4, -0.2) is 35.6 Å². The molecule has 1 heterocycles. The van der Waals surface area contributed by atoms with E-state index in [1.165, 1.54) is 35.2 Å². The van der Waals surface area contributed by atoms with Gasteiger partial charge in [0.25, 0.3) is 5.91 Å².